The van der Waals surface area contributed by atoms with E-state index in [4.69, 9.17) is 29.6 Å². The van der Waals surface area contributed by atoms with Gasteiger partial charge in [-0.05, 0) is 65.7 Å². The van der Waals surface area contributed by atoms with Gasteiger partial charge in [-0.1, -0.05) is 30.7 Å². The average Bonchev–Trinajstić information content (AvgIpc) is 2.44. The molecule has 1 aromatic carbocycles. The Morgan fingerprint density at radius 3 is 2.62 bits per heavy atom. The molecule has 21 heavy (non-hydrogen) atoms. The Hall–Kier alpha value is -0.650. The minimum atomic E-state index is -0.571. The predicted octanol–water partition coefficient (Wildman–Crippen LogP) is 4.07. The maximum Gasteiger partial charge on any atom is 0.252 e. The maximum atomic E-state index is 12.5. The van der Waals surface area contributed by atoms with Crippen molar-refractivity contribution in [2.75, 3.05) is 0 Å². The van der Waals surface area contributed by atoms with Crippen LogP contribution < -0.4 is 11.1 Å². The zero-order valence-electron chi connectivity index (χ0n) is 11.8. The highest BCUT2D eigenvalue weighted by Gasteiger charge is 2.38. The fraction of sp³-hybridized carbons (Fsp3) is 0.467. The number of hydrogen-bond acceptors (Lipinski definition) is 2. The Bertz CT molecular complexity index is 571. The topological polar surface area (TPSA) is 55.1 Å². The van der Waals surface area contributed by atoms with Crippen molar-refractivity contribution in [3.63, 3.8) is 0 Å². The fourth-order valence-corrected chi connectivity index (χ4v) is 3.30. The first-order valence-electron chi connectivity index (χ1n) is 6.91. The molecule has 1 saturated carbocycles. The summed E-state index contributed by atoms with van der Waals surface area (Å²) in [5, 5.41) is 3.54. The predicted molar refractivity (Wildman–Crippen MR) is 93.8 cm³/mol. The summed E-state index contributed by atoms with van der Waals surface area (Å²) in [5.41, 5.74) is 5.85. The van der Waals surface area contributed by atoms with E-state index in [1.807, 2.05) is 0 Å². The van der Waals surface area contributed by atoms with Gasteiger partial charge in [-0.25, -0.2) is 0 Å². The summed E-state index contributed by atoms with van der Waals surface area (Å²) in [5.74, 6) is 0.457. The molecule has 3 N–H and O–H groups in total. The monoisotopic (exact) mass is 388 g/mol. The van der Waals surface area contributed by atoms with Gasteiger partial charge in [-0.3, -0.25) is 4.79 Å². The molecule has 2 rings (SSSR count). The molecule has 0 aromatic heterocycles. The molecule has 0 atom stereocenters. The normalized spacial score (nSPS) is 25.4. The van der Waals surface area contributed by atoms with Gasteiger partial charge in [0.2, 0.25) is 0 Å². The van der Waals surface area contributed by atoms with Crippen molar-refractivity contribution in [1.82, 2.24) is 5.32 Å². The number of nitrogens with one attached hydrogen (secondary N) is 1. The molecular weight excluding hydrogens is 372 g/mol. The van der Waals surface area contributed by atoms with Crippen molar-refractivity contribution in [2.45, 2.75) is 38.1 Å². The summed E-state index contributed by atoms with van der Waals surface area (Å²) in [6.07, 6.45) is 3.61. The molecule has 1 aromatic rings. The van der Waals surface area contributed by atoms with Gasteiger partial charge in [0.05, 0.1) is 15.6 Å². The van der Waals surface area contributed by atoms with Crippen molar-refractivity contribution in [3.05, 3.63) is 33.3 Å². The largest absolute Gasteiger partial charge is 0.391 e. The molecule has 3 nitrogen and oxygen atoms in total. The number of hydrogen-bond donors (Lipinski definition) is 2. The van der Waals surface area contributed by atoms with Crippen molar-refractivity contribution in [1.29, 1.82) is 0 Å². The Morgan fingerprint density at radius 1 is 1.48 bits per heavy atom. The number of rotatable bonds is 3. The summed E-state index contributed by atoms with van der Waals surface area (Å²) in [7, 11) is 0. The summed E-state index contributed by atoms with van der Waals surface area (Å²) in [4.78, 5) is 12.8. The van der Waals surface area contributed by atoms with Gasteiger partial charge in [0, 0.05) is 10.0 Å². The molecule has 0 saturated heterocycles. The van der Waals surface area contributed by atoms with Crippen LogP contribution in [0.3, 0.4) is 0 Å². The summed E-state index contributed by atoms with van der Waals surface area (Å²) in [6, 6.07) is 5.12. The Morgan fingerprint density at radius 2 is 2.10 bits per heavy atom. The summed E-state index contributed by atoms with van der Waals surface area (Å²) < 4.78 is 0.760. The van der Waals surface area contributed by atoms with Crippen LogP contribution in [0.1, 0.15) is 43.0 Å². The maximum absolute atomic E-state index is 12.5. The van der Waals surface area contributed by atoms with E-state index < -0.39 is 5.54 Å². The molecule has 0 aliphatic heterocycles. The zero-order chi connectivity index (χ0) is 15.6. The molecule has 0 heterocycles. The van der Waals surface area contributed by atoms with Crippen LogP contribution in [0.15, 0.2) is 22.7 Å². The van der Waals surface area contributed by atoms with Gasteiger partial charge in [0.25, 0.3) is 5.91 Å². The lowest BCUT2D eigenvalue weighted by Crippen LogP contribution is -2.58. The average molecular weight is 390 g/mol. The number of amides is 1. The highest BCUT2D eigenvalue weighted by atomic mass is 79.9. The van der Waals surface area contributed by atoms with E-state index in [2.05, 4.69) is 28.2 Å². The highest BCUT2D eigenvalue weighted by Crippen LogP contribution is 2.33. The number of benzene rings is 1. The number of carbonyl (C=O) groups is 1. The summed E-state index contributed by atoms with van der Waals surface area (Å²) in [6.45, 7) is 2.21. The molecular formula is C15H18BrClN2OS. The molecule has 114 valence electrons. The second-order valence-corrected chi connectivity index (χ2v) is 7.41. The Labute approximate surface area is 143 Å². The van der Waals surface area contributed by atoms with Crippen molar-refractivity contribution < 1.29 is 4.79 Å². The quantitative estimate of drug-likeness (QED) is 0.766. The minimum absolute atomic E-state index is 0.188. The highest BCUT2D eigenvalue weighted by molar-refractivity contribution is 9.10. The molecule has 0 bridgehead atoms. The Kier molecular flexibility index (Phi) is 5.28. The van der Waals surface area contributed by atoms with E-state index in [9.17, 15) is 4.79 Å². The second kappa shape index (κ2) is 6.63. The smallest absolute Gasteiger partial charge is 0.252 e. The minimum Gasteiger partial charge on any atom is -0.391 e. The van der Waals surface area contributed by atoms with Crippen LogP contribution in [0.25, 0.3) is 0 Å². The second-order valence-electron chi connectivity index (χ2n) is 5.71. The van der Waals surface area contributed by atoms with Crippen LogP contribution in [0, 0.1) is 5.92 Å². The summed E-state index contributed by atoms with van der Waals surface area (Å²) >= 11 is 14.6. The van der Waals surface area contributed by atoms with E-state index in [-0.39, 0.29) is 5.91 Å². The van der Waals surface area contributed by atoms with Crippen molar-refractivity contribution in [2.24, 2.45) is 11.7 Å². The molecule has 1 fully saturated rings. The van der Waals surface area contributed by atoms with Gasteiger partial charge < -0.3 is 11.1 Å². The lowest BCUT2D eigenvalue weighted by Gasteiger charge is -2.39. The number of nitrogens with two attached hydrogens (primary N) is 1. The van der Waals surface area contributed by atoms with Gasteiger partial charge >= 0.3 is 0 Å². The van der Waals surface area contributed by atoms with Crippen LogP contribution in [0.5, 0.6) is 0 Å². The standard InChI is InChI=1S/C15H18BrClN2OS/c1-9-4-6-15(7-5-9,14(18)21)19-13(20)10-2-3-11(16)12(17)8-10/h2-3,8-9H,4-7H2,1H3,(H2,18,21)(H,19,20). The first kappa shape index (κ1) is 16.7. The van der Waals surface area contributed by atoms with Gasteiger partial charge in [0.1, 0.15) is 0 Å². The number of carbonyl (C=O) groups excluding carboxylic acids is 1. The lowest BCUT2D eigenvalue weighted by atomic mass is 9.77. The third kappa shape index (κ3) is 3.76. The third-order valence-corrected chi connectivity index (χ3v) is 5.76. The molecule has 1 amide bonds. The van der Waals surface area contributed by atoms with Gasteiger partial charge in [-0.15, -0.1) is 0 Å². The molecule has 1 aliphatic rings. The Balaban J connectivity index is 2.19. The van der Waals surface area contributed by atoms with Crippen LogP contribution in [0.2, 0.25) is 5.02 Å². The fourth-order valence-electron chi connectivity index (χ4n) is 2.61. The molecule has 0 unspecified atom stereocenters. The van der Waals surface area contributed by atoms with Gasteiger partial charge in [0.15, 0.2) is 0 Å². The van der Waals surface area contributed by atoms with Gasteiger partial charge in [-0.2, -0.15) is 0 Å². The first-order valence-corrected chi connectivity index (χ1v) is 8.49. The lowest BCUT2D eigenvalue weighted by molar-refractivity contribution is 0.0900. The third-order valence-electron chi connectivity index (χ3n) is 4.13. The van der Waals surface area contributed by atoms with E-state index in [1.165, 1.54) is 0 Å². The molecule has 6 heteroatoms. The van der Waals surface area contributed by atoms with Crippen LogP contribution >= 0.6 is 39.7 Å². The van der Waals surface area contributed by atoms with Crippen LogP contribution in [0.4, 0.5) is 0 Å². The number of halogens is 2. The van der Waals surface area contributed by atoms with Crippen LogP contribution in [-0.4, -0.2) is 16.4 Å². The number of thiocarbonyl (C=S) groups is 1. The molecule has 0 radical (unpaired) electrons. The van der Waals surface area contributed by atoms with Crippen molar-refractivity contribution >= 4 is 50.6 Å². The molecule has 0 spiro atoms. The van der Waals surface area contributed by atoms with E-state index in [0.717, 1.165) is 30.2 Å². The molecule has 1 aliphatic carbocycles. The van der Waals surface area contributed by atoms with E-state index in [1.54, 1.807) is 18.2 Å². The van der Waals surface area contributed by atoms with Crippen LogP contribution in [-0.2, 0) is 0 Å². The first-order chi connectivity index (χ1) is 9.84. The van der Waals surface area contributed by atoms with E-state index in [0.29, 0.717) is 21.5 Å². The van der Waals surface area contributed by atoms with E-state index >= 15 is 0 Å². The zero-order valence-corrected chi connectivity index (χ0v) is 14.9. The SMILES string of the molecule is CC1CCC(NC(=O)c2ccc(Br)c(Cl)c2)(C(N)=S)CC1. The van der Waals surface area contributed by atoms with Crippen molar-refractivity contribution in [3.8, 4) is 0 Å².